The van der Waals surface area contributed by atoms with Crippen LogP contribution in [-0.2, 0) is 0 Å². The summed E-state index contributed by atoms with van der Waals surface area (Å²) in [5, 5.41) is 0. The van der Waals surface area contributed by atoms with Crippen molar-refractivity contribution in [3.63, 3.8) is 0 Å². The van der Waals surface area contributed by atoms with E-state index in [-0.39, 0.29) is 0 Å². The normalized spacial score (nSPS) is 26.8. The summed E-state index contributed by atoms with van der Waals surface area (Å²) in [6.45, 7) is 7.81. The maximum absolute atomic E-state index is 3.50. The van der Waals surface area contributed by atoms with Crippen LogP contribution < -0.4 is 0 Å². The predicted molar refractivity (Wildman–Crippen MR) is 90.7 cm³/mol. The van der Waals surface area contributed by atoms with E-state index in [9.17, 15) is 0 Å². The van der Waals surface area contributed by atoms with Crippen LogP contribution in [0.5, 0.6) is 0 Å². The van der Waals surface area contributed by atoms with Crippen molar-refractivity contribution in [1.29, 1.82) is 0 Å². The Morgan fingerprint density at radius 1 is 0.609 bits per heavy atom. The molecule has 0 unspecified atom stereocenters. The van der Waals surface area contributed by atoms with E-state index in [2.05, 4.69) is 57.7 Å². The van der Waals surface area contributed by atoms with E-state index in [0.29, 0.717) is 12.1 Å². The second-order valence-corrected chi connectivity index (χ2v) is 7.28. The van der Waals surface area contributed by atoms with Crippen molar-refractivity contribution in [2.45, 2.75) is 76.3 Å². The monoisotopic (exact) mass is 312 g/mol. The lowest BCUT2D eigenvalue weighted by Gasteiger charge is -2.33. The summed E-state index contributed by atoms with van der Waals surface area (Å²) >= 11 is 0. The molecule has 4 radical (unpaired) electrons. The first-order valence-electron chi connectivity index (χ1n) is 9.38. The lowest BCUT2D eigenvalue weighted by molar-refractivity contribution is 0.178. The minimum atomic E-state index is 0.658. The fourth-order valence-corrected chi connectivity index (χ4v) is 4.18. The molecule has 2 aliphatic carbocycles. The molecule has 0 saturated heterocycles. The minimum Gasteiger partial charge on any atom is -0.343 e. The summed E-state index contributed by atoms with van der Waals surface area (Å²) in [6.07, 6.45) is 22.2. The van der Waals surface area contributed by atoms with Crippen molar-refractivity contribution in [2.75, 3.05) is 6.67 Å². The van der Waals surface area contributed by atoms with Crippen LogP contribution in [0.3, 0.4) is 0 Å². The second kappa shape index (κ2) is 7.06. The van der Waals surface area contributed by atoms with E-state index in [1.165, 1.54) is 64.2 Å². The Morgan fingerprint density at radius 3 is 1.48 bits per heavy atom. The van der Waals surface area contributed by atoms with Crippen LogP contribution in [0.1, 0.15) is 64.2 Å². The van der Waals surface area contributed by atoms with Crippen molar-refractivity contribution in [1.82, 2.24) is 19.6 Å². The van der Waals surface area contributed by atoms with Gasteiger partial charge in [-0.3, -0.25) is 0 Å². The first kappa shape index (κ1) is 15.2. The van der Waals surface area contributed by atoms with E-state index < -0.39 is 0 Å². The van der Waals surface area contributed by atoms with Gasteiger partial charge in [0.15, 0.2) is 0 Å². The molecule has 2 saturated carbocycles. The highest BCUT2D eigenvalue weighted by Gasteiger charge is 2.28. The summed E-state index contributed by atoms with van der Waals surface area (Å²) < 4.78 is 0. The third kappa shape index (κ3) is 3.61. The molecule has 2 fully saturated rings. The molecule has 0 aromatic heterocycles. The fourth-order valence-electron chi connectivity index (χ4n) is 4.18. The Hall–Kier alpha value is -1.32. The molecule has 2 aliphatic heterocycles. The summed E-state index contributed by atoms with van der Waals surface area (Å²) in [5.41, 5.74) is 0. The second-order valence-electron chi connectivity index (χ2n) is 7.28. The zero-order chi connectivity index (χ0) is 15.5. The smallest absolute Gasteiger partial charge is 0.209 e. The topological polar surface area (TPSA) is 13.0 Å². The summed E-state index contributed by atoms with van der Waals surface area (Å²) in [6, 6.07) is 1.32. The molecule has 0 spiro atoms. The Bertz CT molecular complexity index is 395. The van der Waals surface area contributed by atoms with Gasteiger partial charge in [-0.2, -0.15) is 0 Å². The lowest BCUT2D eigenvalue weighted by atomic mass is 9.95. The van der Waals surface area contributed by atoms with E-state index in [0.717, 1.165) is 6.67 Å². The number of nitrogens with zero attached hydrogens (tertiary/aromatic N) is 4. The first-order chi connectivity index (χ1) is 11.4. The summed E-state index contributed by atoms with van der Waals surface area (Å²) in [7, 11) is 0. The zero-order valence-electron chi connectivity index (χ0n) is 14.0. The molecule has 4 aliphatic rings. The van der Waals surface area contributed by atoms with Gasteiger partial charge >= 0.3 is 0 Å². The van der Waals surface area contributed by atoms with Gasteiger partial charge in [-0.05, 0) is 25.7 Å². The van der Waals surface area contributed by atoms with Crippen LogP contribution in [-0.4, -0.2) is 38.4 Å². The van der Waals surface area contributed by atoms with Gasteiger partial charge in [-0.25, -0.2) is 0 Å². The highest BCUT2D eigenvalue weighted by molar-refractivity contribution is 5.04. The van der Waals surface area contributed by atoms with Gasteiger partial charge in [0.1, 0.15) is 0 Å². The van der Waals surface area contributed by atoms with Crippen molar-refractivity contribution in [3.8, 4) is 0 Å². The molecule has 4 nitrogen and oxygen atoms in total. The molecule has 124 valence electrons. The summed E-state index contributed by atoms with van der Waals surface area (Å²) in [4.78, 5) is 8.88. The van der Waals surface area contributed by atoms with Gasteiger partial charge in [0, 0.05) is 36.9 Å². The highest BCUT2D eigenvalue weighted by atomic mass is 15.5. The Kier molecular flexibility index (Phi) is 4.67. The molecule has 0 N–H and O–H groups in total. The van der Waals surface area contributed by atoms with Crippen LogP contribution in [0.25, 0.3) is 0 Å². The number of rotatable bonds is 4. The molecule has 0 amide bonds. The maximum Gasteiger partial charge on any atom is 0.209 e. The van der Waals surface area contributed by atoms with Gasteiger partial charge in [0.05, 0.1) is 6.67 Å². The van der Waals surface area contributed by atoms with Crippen LogP contribution >= 0.6 is 0 Å². The van der Waals surface area contributed by atoms with Crippen molar-refractivity contribution < 1.29 is 0 Å². The summed E-state index contributed by atoms with van der Waals surface area (Å²) in [5.74, 6) is 0. The molecular formula is C19H28N4. The van der Waals surface area contributed by atoms with Crippen LogP contribution in [0.2, 0.25) is 0 Å². The van der Waals surface area contributed by atoms with Crippen LogP contribution in [0.4, 0.5) is 0 Å². The third-order valence-electron chi connectivity index (χ3n) is 5.54. The predicted octanol–water partition coefficient (Wildman–Crippen LogP) is 3.78. The van der Waals surface area contributed by atoms with E-state index in [4.69, 9.17) is 0 Å². The zero-order valence-corrected chi connectivity index (χ0v) is 14.0. The fraction of sp³-hybridized carbons (Fsp3) is 0.684. The quantitative estimate of drug-likeness (QED) is 0.783. The number of hydrogen-bond acceptors (Lipinski definition) is 4. The van der Waals surface area contributed by atoms with Crippen LogP contribution in [0.15, 0.2) is 24.8 Å². The molecule has 0 bridgehead atoms. The SMILES string of the molecule is [C]1N(CN2[C]N(C3CCCCC3)C=C2)C=CN1C1CCCCC1. The Morgan fingerprint density at radius 2 is 1.04 bits per heavy atom. The van der Waals surface area contributed by atoms with Gasteiger partial charge in [-0.15, -0.1) is 0 Å². The van der Waals surface area contributed by atoms with Gasteiger partial charge in [0.2, 0.25) is 13.3 Å². The van der Waals surface area contributed by atoms with Crippen molar-refractivity contribution in [2.24, 2.45) is 0 Å². The van der Waals surface area contributed by atoms with Crippen LogP contribution in [0, 0.1) is 13.3 Å². The average Bonchev–Trinajstić information content (AvgIpc) is 3.27. The largest absolute Gasteiger partial charge is 0.343 e. The molecular weight excluding hydrogens is 284 g/mol. The Labute approximate surface area is 141 Å². The molecule has 2 heterocycles. The molecule has 0 atom stereocenters. The molecule has 4 rings (SSSR count). The van der Waals surface area contributed by atoms with E-state index >= 15 is 0 Å². The molecule has 0 aromatic carbocycles. The van der Waals surface area contributed by atoms with Gasteiger partial charge in [-0.1, -0.05) is 38.5 Å². The van der Waals surface area contributed by atoms with Crippen molar-refractivity contribution in [3.05, 3.63) is 38.1 Å². The minimum absolute atomic E-state index is 0.658. The number of hydrogen-bond donors (Lipinski definition) is 0. The molecule has 0 aromatic rings. The van der Waals surface area contributed by atoms with Gasteiger partial charge < -0.3 is 19.6 Å². The Balaban J connectivity index is 1.22. The van der Waals surface area contributed by atoms with E-state index in [1.807, 2.05) is 0 Å². The van der Waals surface area contributed by atoms with E-state index in [1.54, 1.807) is 0 Å². The molecule has 23 heavy (non-hydrogen) atoms. The highest BCUT2D eigenvalue weighted by Crippen LogP contribution is 2.29. The molecule has 4 heteroatoms. The third-order valence-corrected chi connectivity index (χ3v) is 5.54. The average molecular weight is 312 g/mol. The lowest BCUT2D eigenvalue weighted by Crippen LogP contribution is -2.36. The standard InChI is InChI=1S/C19H28N4/c1-3-7-18(8-4-1)22-13-11-20(16-22)15-21-12-14-23(17-21)19-9-5-2-6-10-19/h11-14,18-19H,1-10,15H2. The maximum atomic E-state index is 3.50. The first-order valence-corrected chi connectivity index (χ1v) is 9.38. The van der Waals surface area contributed by atoms with Gasteiger partial charge in [0.25, 0.3) is 0 Å². The van der Waals surface area contributed by atoms with Crippen molar-refractivity contribution >= 4 is 0 Å².